The molecule has 0 saturated carbocycles. The van der Waals surface area contributed by atoms with Gasteiger partial charge in [-0.25, -0.2) is 0 Å². The van der Waals surface area contributed by atoms with Gasteiger partial charge >= 0.3 is 0 Å². The van der Waals surface area contributed by atoms with Crippen LogP contribution in [0.3, 0.4) is 0 Å². The maximum absolute atomic E-state index is 2.61. The molecular formula is C58H56N2. The van der Waals surface area contributed by atoms with Crippen molar-refractivity contribution in [2.75, 3.05) is 0 Å². The van der Waals surface area contributed by atoms with Crippen molar-refractivity contribution in [2.45, 2.75) is 105 Å². The summed E-state index contributed by atoms with van der Waals surface area (Å²) in [7, 11) is 0. The predicted molar refractivity (Wildman–Crippen MR) is 261 cm³/mol. The first-order chi connectivity index (χ1) is 28.4. The average Bonchev–Trinajstić information content (AvgIpc) is 3.91. The van der Waals surface area contributed by atoms with E-state index < -0.39 is 0 Å². The molecule has 60 heavy (non-hydrogen) atoms. The van der Waals surface area contributed by atoms with E-state index in [4.69, 9.17) is 0 Å². The summed E-state index contributed by atoms with van der Waals surface area (Å²) in [5.74, 6) is 0. The van der Waals surface area contributed by atoms with Crippen molar-refractivity contribution in [1.29, 1.82) is 0 Å². The van der Waals surface area contributed by atoms with Gasteiger partial charge in [-0.2, -0.15) is 0 Å². The number of hydrogen-bond acceptors (Lipinski definition) is 0. The Morgan fingerprint density at radius 2 is 0.600 bits per heavy atom. The van der Waals surface area contributed by atoms with Crippen molar-refractivity contribution in [3.63, 3.8) is 0 Å². The molecule has 0 unspecified atom stereocenters. The van der Waals surface area contributed by atoms with Gasteiger partial charge in [0.1, 0.15) is 0 Å². The topological polar surface area (TPSA) is 8.82 Å². The minimum Gasteiger partial charge on any atom is -0.308 e. The van der Waals surface area contributed by atoms with Crippen LogP contribution in [0.4, 0.5) is 0 Å². The van der Waals surface area contributed by atoms with E-state index in [0.717, 1.165) is 0 Å². The summed E-state index contributed by atoms with van der Waals surface area (Å²) in [4.78, 5) is 0. The summed E-state index contributed by atoms with van der Waals surface area (Å²) in [5.41, 5.74) is 18.6. The van der Waals surface area contributed by atoms with E-state index in [1.807, 2.05) is 0 Å². The highest BCUT2D eigenvalue weighted by molar-refractivity contribution is 6.45. The number of rotatable bonds is 2. The number of aromatic nitrogens is 2. The lowest BCUT2D eigenvalue weighted by Crippen LogP contribution is -2.19. The molecule has 0 bridgehead atoms. The Balaban J connectivity index is 1.32. The van der Waals surface area contributed by atoms with Crippen molar-refractivity contribution in [3.05, 3.63) is 144 Å². The zero-order chi connectivity index (χ0) is 42.0. The maximum Gasteiger partial charge on any atom is 0.0634 e. The highest BCUT2D eigenvalue weighted by Gasteiger charge is 2.32. The Kier molecular flexibility index (Phi) is 7.38. The summed E-state index contributed by atoms with van der Waals surface area (Å²) >= 11 is 0. The maximum atomic E-state index is 2.61. The third-order valence-electron chi connectivity index (χ3n) is 13.7. The molecule has 0 aliphatic heterocycles. The molecule has 0 aliphatic carbocycles. The second kappa shape index (κ2) is 11.9. The van der Waals surface area contributed by atoms with Crippen LogP contribution in [0.5, 0.6) is 0 Å². The summed E-state index contributed by atoms with van der Waals surface area (Å²) < 4.78 is 5.22. The largest absolute Gasteiger partial charge is 0.308 e. The zero-order valence-electron chi connectivity index (χ0n) is 37.4. The zero-order valence-corrected chi connectivity index (χ0v) is 37.4. The average molecular weight is 781 g/mol. The van der Waals surface area contributed by atoms with Gasteiger partial charge in [-0.3, -0.25) is 0 Å². The molecular weight excluding hydrogens is 725 g/mol. The molecule has 4 aromatic heterocycles. The molecule has 0 fully saturated rings. The van der Waals surface area contributed by atoms with Crippen molar-refractivity contribution in [3.8, 4) is 22.3 Å². The first-order valence-electron chi connectivity index (χ1n) is 22.0. The molecule has 4 heterocycles. The first kappa shape index (κ1) is 37.2. The van der Waals surface area contributed by atoms with Crippen molar-refractivity contribution in [2.24, 2.45) is 0 Å². The van der Waals surface area contributed by atoms with Gasteiger partial charge in [0.25, 0.3) is 0 Å². The fourth-order valence-corrected chi connectivity index (χ4v) is 11.1. The minimum atomic E-state index is -0.0116. The fourth-order valence-electron chi connectivity index (χ4n) is 11.1. The quantitative estimate of drug-likeness (QED) is 0.165. The lowest BCUT2D eigenvalue weighted by atomic mass is 9.74. The van der Waals surface area contributed by atoms with Gasteiger partial charge < -0.3 is 8.80 Å². The normalized spacial score (nSPS) is 13.7. The molecule has 0 radical (unpaired) electrons. The Morgan fingerprint density at radius 1 is 0.300 bits per heavy atom. The van der Waals surface area contributed by atoms with Crippen LogP contribution in [0, 0.1) is 0 Å². The standard InChI is InChI=1S/C58H56N2/c1-55(2,3)39-21-17-22-40(56(4,5)6)47(39)33-27-29-37-45(31-33)59-43-25-15-13-19-35(43)50-52-38-30-28-34(48-41(57(7,8)9)23-18-24-42(48)58(10,11)12)32-46(38)60-44-26-16-14-20-36(44)49(54(52)60)51(37)53(50)59/h13-32H,1-12H3. The van der Waals surface area contributed by atoms with Gasteiger partial charge in [-0.05, 0) is 90.4 Å². The van der Waals surface area contributed by atoms with Crippen LogP contribution in [-0.4, -0.2) is 8.80 Å². The van der Waals surface area contributed by atoms with E-state index in [1.54, 1.807) is 0 Å². The smallest absolute Gasteiger partial charge is 0.0634 e. The summed E-state index contributed by atoms with van der Waals surface area (Å²) in [6.45, 7) is 28.2. The third kappa shape index (κ3) is 4.94. The lowest BCUT2D eigenvalue weighted by Gasteiger charge is -2.30. The SMILES string of the molecule is CC(C)(C)c1cccc(C(C)(C)C)c1-c1ccc2c3c4c5ccccc5n5c6cc(-c7c(C(C)(C)C)cccc7C(C)(C)C)ccc6c(c6c7ccccc7n(c2c1)c63)c45. The molecule has 11 aromatic rings. The molecule has 0 N–H and O–H groups in total. The van der Waals surface area contributed by atoms with Crippen LogP contribution < -0.4 is 0 Å². The summed E-state index contributed by atoms with van der Waals surface area (Å²) in [6.07, 6.45) is 0. The van der Waals surface area contributed by atoms with Gasteiger partial charge in [0.15, 0.2) is 0 Å². The number of hydrogen-bond donors (Lipinski definition) is 0. The van der Waals surface area contributed by atoms with Gasteiger partial charge in [0.2, 0.25) is 0 Å². The van der Waals surface area contributed by atoms with Crippen LogP contribution in [-0.2, 0) is 21.7 Å². The summed E-state index contributed by atoms with van der Waals surface area (Å²) in [5, 5.41) is 10.7. The second-order valence-corrected chi connectivity index (χ2v) is 21.8. The van der Waals surface area contributed by atoms with E-state index >= 15 is 0 Å². The first-order valence-corrected chi connectivity index (χ1v) is 22.0. The molecule has 2 nitrogen and oxygen atoms in total. The Bertz CT molecular complexity index is 3250. The van der Waals surface area contributed by atoms with E-state index in [9.17, 15) is 0 Å². The molecule has 0 spiro atoms. The van der Waals surface area contributed by atoms with Gasteiger partial charge in [0, 0.05) is 43.1 Å². The number of fused-ring (bicyclic) bond motifs is 14. The summed E-state index contributed by atoms with van der Waals surface area (Å²) in [6, 6.07) is 46.9. The second-order valence-electron chi connectivity index (χ2n) is 21.8. The van der Waals surface area contributed by atoms with Crippen molar-refractivity contribution in [1.82, 2.24) is 8.80 Å². The molecule has 0 amide bonds. The number of para-hydroxylation sites is 2. The highest BCUT2D eigenvalue weighted by atomic mass is 14.9. The molecule has 7 aromatic carbocycles. The molecule has 298 valence electrons. The molecule has 0 aliphatic rings. The van der Waals surface area contributed by atoms with Crippen LogP contribution >= 0.6 is 0 Å². The van der Waals surface area contributed by atoms with E-state index in [0.29, 0.717) is 0 Å². The van der Waals surface area contributed by atoms with Crippen LogP contribution in [0.1, 0.15) is 105 Å². The lowest BCUT2D eigenvalue weighted by molar-refractivity contribution is 0.571. The number of benzene rings is 7. The van der Waals surface area contributed by atoms with E-state index in [-0.39, 0.29) is 21.7 Å². The minimum absolute atomic E-state index is 0.0116. The van der Waals surface area contributed by atoms with Crippen LogP contribution in [0.2, 0.25) is 0 Å². The fraction of sp³-hybridized carbons (Fsp3) is 0.276. The van der Waals surface area contributed by atoms with Crippen molar-refractivity contribution >= 4 is 76.2 Å². The number of nitrogens with zero attached hydrogens (tertiary/aromatic N) is 2. The molecule has 0 saturated heterocycles. The third-order valence-corrected chi connectivity index (χ3v) is 13.7. The van der Waals surface area contributed by atoms with Gasteiger partial charge in [-0.1, -0.05) is 180 Å². The highest BCUT2D eigenvalue weighted by Crippen LogP contribution is 2.53. The molecule has 2 heteroatoms. The van der Waals surface area contributed by atoms with E-state index in [2.05, 4.69) is 213 Å². The Labute approximate surface area is 354 Å². The van der Waals surface area contributed by atoms with Crippen LogP contribution in [0.25, 0.3) is 98.4 Å². The van der Waals surface area contributed by atoms with Crippen molar-refractivity contribution < 1.29 is 0 Å². The van der Waals surface area contributed by atoms with Gasteiger partial charge in [-0.15, -0.1) is 0 Å². The van der Waals surface area contributed by atoms with Crippen LogP contribution in [0.15, 0.2) is 121 Å². The monoisotopic (exact) mass is 780 g/mol. The molecule has 11 rings (SSSR count). The molecule has 0 atom stereocenters. The Hall–Kier alpha value is -5.86. The predicted octanol–water partition coefficient (Wildman–Crippen LogP) is 16.5. The van der Waals surface area contributed by atoms with Gasteiger partial charge in [0.05, 0.1) is 33.1 Å². The Morgan fingerprint density at radius 3 is 0.917 bits per heavy atom. The van der Waals surface area contributed by atoms with E-state index in [1.165, 1.54) is 121 Å².